The number of nitriles is 1. The molecule has 1 fully saturated rings. The van der Waals surface area contributed by atoms with Gasteiger partial charge in [-0.05, 0) is 42.3 Å². The predicted molar refractivity (Wildman–Crippen MR) is 113 cm³/mol. The normalized spacial score (nSPS) is 21.5. The highest BCUT2D eigenvalue weighted by molar-refractivity contribution is 6.31. The van der Waals surface area contributed by atoms with E-state index in [1.165, 1.54) is 25.1 Å². The molecule has 1 aliphatic carbocycles. The molecule has 0 bridgehead atoms. The number of oxime groups is 1. The SMILES string of the molecule is Cc1cc(C2=NO[C@](c3cc(C#N)cc(Cl)c3F)(C(F)(F)F)C2)ccc1C(=O)NC1CC(F)(F)C1. The van der Waals surface area contributed by atoms with E-state index in [4.69, 9.17) is 21.7 Å². The smallest absolute Gasteiger partial charge is 0.374 e. The molecule has 0 aromatic heterocycles. The Morgan fingerprint density at radius 2 is 1.94 bits per heavy atom. The molecule has 0 unspecified atom stereocenters. The minimum Gasteiger partial charge on any atom is -0.374 e. The Morgan fingerprint density at radius 3 is 2.51 bits per heavy atom. The molecule has 0 saturated heterocycles. The number of amides is 1. The van der Waals surface area contributed by atoms with Gasteiger partial charge >= 0.3 is 6.18 Å². The predicted octanol–water partition coefficient (Wildman–Crippen LogP) is 5.77. The second-order valence-electron chi connectivity index (χ2n) is 8.53. The van der Waals surface area contributed by atoms with E-state index in [2.05, 4.69) is 10.5 Å². The average molecular weight is 516 g/mol. The van der Waals surface area contributed by atoms with Crippen LogP contribution in [0.5, 0.6) is 0 Å². The van der Waals surface area contributed by atoms with Gasteiger partial charge < -0.3 is 10.2 Å². The van der Waals surface area contributed by atoms with Crippen molar-refractivity contribution in [3.05, 3.63) is 69.0 Å². The molecule has 1 N–H and O–H groups in total. The third-order valence-electron chi connectivity index (χ3n) is 6.01. The molecule has 4 rings (SSSR count). The van der Waals surface area contributed by atoms with E-state index in [1.54, 1.807) is 6.07 Å². The maximum Gasteiger partial charge on any atom is 0.435 e. The Kier molecular flexibility index (Phi) is 6.00. The Hall–Kier alpha value is -3.26. The number of rotatable bonds is 4. The first-order chi connectivity index (χ1) is 16.3. The fourth-order valence-electron chi connectivity index (χ4n) is 4.11. The highest BCUT2D eigenvalue weighted by Crippen LogP contribution is 2.50. The maximum absolute atomic E-state index is 14.7. The third-order valence-corrected chi connectivity index (χ3v) is 6.28. The largest absolute Gasteiger partial charge is 0.435 e. The first-order valence-corrected chi connectivity index (χ1v) is 10.7. The summed E-state index contributed by atoms with van der Waals surface area (Å²) in [6.45, 7) is 1.52. The highest BCUT2D eigenvalue weighted by Gasteiger charge is 2.63. The van der Waals surface area contributed by atoms with Crippen LogP contribution in [0.2, 0.25) is 5.02 Å². The minimum absolute atomic E-state index is 0.158. The fraction of sp³-hybridized carbons (Fsp3) is 0.348. The second kappa shape index (κ2) is 8.45. The number of benzene rings is 2. The molecular weight excluding hydrogens is 500 g/mol. The van der Waals surface area contributed by atoms with Crippen LogP contribution >= 0.6 is 11.6 Å². The van der Waals surface area contributed by atoms with Crippen LogP contribution in [-0.4, -0.2) is 29.8 Å². The van der Waals surface area contributed by atoms with Gasteiger partial charge in [-0.3, -0.25) is 4.79 Å². The van der Waals surface area contributed by atoms with Gasteiger partial charge in [0.2, 0.25) is 0 Å². The summed E-state index contributed by atoms with van der Waals surface area (Å²) in [6.07, 6.45) is -6.97. The van der Waals surface area contributed by atoms with Crippen molar-refractivity contribution in [1.29, 1.82) is 5.26 Å². The molecule has 2 aromatic carbocycles. The standard InChI is InChI=1S/C23H16ClF6N3O2/c1-11-4-13(2-3-15(11)20(34)32-14-7-21(26,27)8-14)18-9-22(35-33-18,23(28,29)30)16-5-12(10-31)6-17(24)19(16)25/h2-6,14H,7-9H2,1H3,(H,32,34)/t22-/m1/s1. The van der Waals surface area contributed by atoms with Crippen molar-refractivity contribution in [2.75, 3.05) is 0 Å². The number of aryl methyl sites for hydroxylation is 1. The van der Waals surface area contributed by atoms with Crippen molar-refractivity contribution in [1.82, 2.24) is 5.32 Å². The van der Waals surface area contributed by atoms with Crippen LogP contribution in [-0.2, 0) is 10.4 Å². The van der Waals surface area contributed by atoms with Crippen molar-refractivity contribution >= 4 is 23.2 Å². The summed E-state index contributed by atoms with van der Waals surface area (Å²) in [4.78, 5) is 17.2. The summed E-state index contributed by atoms with van der Waals surface area (Å²) in [7, 11) is 0. The van der Waals surface area contributed by atoms with Gasteiger partial charge in [0.1, 0.15) is 5.82 Å². The zero-order valence-corrected chi connectivity index (χ0v) is 18.7. The van der Waals surface area contributed by atoms with Crippen LogP contribution in [0.4, 0.5) is 26.3 Å². The molecule has 0 spiro atoms. The molecule has 184 valence electrons. The van der Waals surface area contributed by atoms with E-state index in [1.807, 2.05) is 0 Å². The Balaban J connectivity index is 1.61. The molecule has 1 heterocycles. The number of halogens is 7. The van der Waals surface area contributed by atoms with Gasteiger partial charge in [0, 0.05) is 30.0 Å². The van der Waals surface area contributed by atoms with Gasteiger partial charge in [-0.15, -0.1) is 0 Å². The van der Waals surface area contributed by atoms with Crippen molar-refractivity contribution in [2.24, 2.45) is 5.16 Å². The van der Waals surface area contributed by atoms with E-state index in [9.17, 15) is 31.1 Å². The first-order valence-electron chi connectivity index (χ1n) is 10.3. The monoisotopic (exact) mass is 515 g/mol. The first kappa shape index (κ1) is 24.9. The van der Waals surface area contributed by atoms with Gasteiger partial charge in [0.25, 0.3) is 17.4 Å². The van der Waals surface area contributed by atoms with Crippen molar-refractivity contribution in [3.63, 3.8) is 0 Å². The molecule has 1 aliphatic heterocycles. The molecule has 2 aromatic rings. The van der Waals surface area contributed by atoms with Crippen LogP contribution in [0.3, 0.4) is 0 Å². The second-order valence-corrected chi connectivity index (χ2v) is 8.93. The topological polar surface area (TPSA) is 74.5 Å². The lowest BCUT2D eigenvalue weighted by molar-refractivity contribution is -0.276. The van der Waals surface area contributed by atoms with Crippen molar-refractivity contribution in [2.45, 2.75) is 49.9 Å². The van der Waals surface area contributed by atoms with Crippen molar-refractivity contribution in [3.8, 4) is 6.07 Å². The summed E-state index contributed by atoms with van der Waals surface area (Å²) >= 11 is 5.71. The number of carbonyl (C=O) groups is 1. The van der Waals surface area contributed by atoms with Crippen LogP contribution < -0.4 is 5.32 Å². The summed E-state index contributed by atoms with van der Waals surface area (Å²) in [5, 5.41) is 14.5. The Labute approximate surface area is 200 Å². The lowest BCUT2D eigenvalue weighted by Gasteiger charge is -2.35. The van der Waals surface area contributed by atoms with Gasteiger partial charge in [0.05, 0.1) is 28.8 Å². The lowest BCUT2D eigenvalue weighted by atomic mass is 9.85. The lowest BCUT2D eigenvalue weighted by Crippen LogP contribution is -2.50. The van der Waals surface area contributed by atoms with Crippen molar-refractivity contribution < 1.29 is 36.0 Å². The van der Waals surface area contributed by atoms with E-state index in [-0.39, 0.29) is 22.4 Å². The molecule has 1 amide bonds. The molecular formula is C23H16ClF6N3O2. The van der Waals surface area contributed by atoms with E-state index in [0.29, 0.717) is 5.56 Å². The molecule has 1 atom stereocenters. The van der Waals surface area contributed by atoms with Crippen LogP contribution in [0.1, 0.15) is 51.9 Å². The number of nitrogens with zero attached hydrogens (tertiary/aromatic N) is 2. The molecule has 5 nitrogen and oxygen atoms in total. The quantitative estimate of drug-likeness (QED) is 0.525. The van der Waals surface area contributed by atoms with Crippen LogP contribution in [0.15, 0.2) is 35.5 Å². The third kappa shape index (κ3) is 4.43. The van der Waals surface area contributed by atoms with Gasteiger partial charge in [-0.2, -0.15) is 18.4 Å². The molecule has 1 saturated carbocycles. The summed E-state index contributed by atoms with van der Waals surface area (Å²) in [5.74, 6) is -4.78. The Bertz CT molecular complexity index is 1280. The minimum atomic E-state index is -5.13. The van der Waals surface area contributed by atoms with E-state index >= 15 is 0 Å². The fourth-order valence-corrected chi connectivity index (χ4v) is 4.33. The number of alkyl halides is 5. The van der Waals surface area contributed by atoms with E-state index < -0.39 is 65.3 Å². The summed E-state index contributed by atoms with van der Waals surface area (Å²) in [6, 6.07) is 6.65. The van der Waals surface area contributed by atoms with Crippen LogP contribution in [0, 0.1) is 24.1 Å². The zero-order valence-electron chi connectivity index (χ0n) is 17.9. The number of hydrogen-bond acceptors (Lipinski definition) is 4. The highest BCUT2D eigenvalue weighted by atomic mass is 35.5. The number of hydrogen-bond donors (Lipinski definition) is 1. The molecule has 12 heteroatoms. The molecule has 2 aliphatic rings. The molecule has 0 radical (unpaired) electrons. The van der Waals surface area contributed by atoms with E-state index in [0.717, 1.165) is 12.1 Å². The van der Waals surface area contributed by atoms with Gasteiger partial charge in [-0.25, -0.2) is 13.2 Å². The van der Waals surface area contributed by atoms with Gasteiger partial charge in [0.15, 0.2) is 0 Å². The van der Waals surface area contributed by atoms with Crippen LogP contribution in [0.25, 0.3) is 0 Å². The Morgan fingerprint density at radius 1 is 1.26 bits per heavy atom. The zero-order chi connectivity index (χ0) is 25.8. The summed E-state index contributed by atoms with van der Waals surface area (Å²) < 4.78 is 83.3. The van der Waals surface area contributed by atoms with Gasteiger partial charge in [-0.1, -0.05) is 22.8 Å². The number of nitrogens with one attached hydrogen (secondary N) is 1. The average Bonchev–Trinajstić information content (AvgIpc) is 3.21. The molecule has 35 heavy (non-hydrogen) atoms. The summed E-state index contributed by atoms with van der Waals surface area (Å²) in [5.41, 5.74) is -3.95. The maximum atomic E-state index is 14.7. The number of carbonyl (C=O) groups excluding carboxylic acids is 1.